The summed E-state index contributed by atoms with van der Waals surface area (Å²) in [7, 11) is 0. The third kappa shape index (κ3) is 1.52. The van der Waals surface area contributed by atoms with Crippen molar-refractivity contribution in [3.05, 3.63) is 0 Å². The molecule has 0 bridgehead atoms. The monoisotopic (exact) mass is 160 g/mol. The topological polar surface area (TPSA) is 58.9 Å². The van der Waals surface area contributed by atoms with Crippen LogP contribution in [-0.2, 0) is 9.05 Å². The molecule has 0 aliphatic carbocycles. The third-order valence-electron chi connectivity index (χ3n) is 0.700. The predicted molar refractivity (Wildman–Crippen MR) is 29.1 cm³/mol. The number of halogens is 1. The average molecular weight is 160 g/mol. The molecule has 0 spiro atoms. The molecule has 0 saturated carbocycles. The zero-order valence-corrected chi connectivity index (χ0v) is 5.60. The van der Waals surface area contributed by atoms with Gasteiger partial charge in [-0.25, -0.2) is 0 Å². The Morgan fingerprint density at radius 2 is 1.62 bits per heavy atom. The molecular weight excluding hydrogens is 154 g/mol. The predicted octanol–water partition coefficient (Wildman–Crippen LogP) is 0.385. The molecule has 0 aromatic heterocycles. The Hall–Kier alpha value is 0.560. The van der Waals surface area contributed by atoms with Crippen LogP contribution in [0.1, 0.15) is 0 Å². The van der Waals surface area contributed by atoms with E-state index in [-0.39, 0.29) is 13.2 Å². The van der Waals surface area contributed by atoms with Crippen molar-refractivity contribution < 1.29 is 18.8 Å². The number of hydrogen-bond donors (Lipinski definition) is 2. The summed E-state index contributed by atoms with van der Waals surface area (Å²) in [6.45, 7) is -4.22. The van der Waals surface area contributed by atoms with Crippen molar-refractivity contribution >= 4 is 18.1 Å². The second-order valence-electron chi connectivity index (χ2n) is 1.45. The van der Waals surface area contributed by atoms with E-state index in [2.05, 4.69) is 9.05 Å². The first kappa shape index (κ1) is 6.68. The molecule has 0 aromatic rings. The van der Waals surface area contributed by atoms with Crippen LogP contribution in [0.3, 0.4) is 0 Å². The molecular formula is C2H6ClO4P. The van der Waals surface area contributed by atoms with E-state index in [4.69, 9.17) is 21.0 Å². The molecule has 4 nitrogen and oxygen atoms in total. The van der Waals surface area contributed by atoms with Gasteiger partial charge in [-0.05, 0) is 0 Å². The van der Waals surface area contributed by atoms with Crippen LogP contribution < -0.4 is 0 Å². The van der Waals surface area contributed by atoms with Gasteiger partial charge in [0.2, 0.25) is 0 Å². The molecule has 8 heavy (non-hydrogen) atoms. The Morgan fingerprint density at radius 3 is 1.75 bits per heavy atom. The van der Waals surface area contributed by atoms with E-state index in [1.165, 1.54) is 0 Å². The second-order valence-corrected chi connectivity index (χ2v) is 5.26. The SMILES string of the molecule is OP1(O)(Cl)OCCO1. The van der Waals surface area contributed by atoms with Crippen molar-refractivity contribution in [3.8, 4) is 0 Å². The fourth-order valence-electron chi connectivity index (χ4n) is 0.419. The number of rotatable bonds is 0. The number of hydrogen-bond acceptors (Lipinski definition) is 4. The average Bonchev–Trinajstić information content (AvgIpc) is 1.81. The van der Waals surface area contributed by atoms with Crippen LogP contribution in [0.4, 0.5) is 0 Å². The Bertz CT molecular complexity index is 96.3. The van der Waals surface area contributed by atoms with Gasteiger partial charge >= 0.3 is 50.2 Å². The van der Waals surface area contributed by atoms with Crippen molar-refractivity contribution in [1.29, 1.82) is 0 Å². The summed E-state index contributed by atoms with van der Waals surface area (Å²) in [4.78, 5) is 17.3. The standard InChI is InChI=1S/C2H6ClO4P/c3-8(4,5)6-1-2-7-8/h4-5H,1-2H2. The van der Waals surface area contributed by atoms with E-state index < -0.39 is 6.86 Å². The minimum atomic E-state index is -4.52. The molecule has 1 aliphatic rings. The second kappa shape index (κ2) is 1.53. The Balaban J connectivity index is 2.67. The molecule has 0 atom stereocenters. The van der Waals surface area contributed by atoms with Crippen LogP contribution in [0.5, 0.6) is 0 Å². The van der Waals surface area contributed by atoms with E-state index >= 15 is 0 Å². The summed E-state index contributed by atoms with van der Waals surface area (Å²) in [5.41, 5.74) is 0. The fourth-order valence-corrected chi connectivity index (χ4v) is 1.67. The van der Waals surface area contributed by atoms with Crippen molar-refractivity contribution in [1.82, 2.24) is 0 Å². The van der Waals surface area contributed by atoms with Gasteiger partial charge in [0.25, 0.3) is 0 Å². The zero-order chi connectivity index (χ0) is 6.28. The Kier molecular flexibility index (Phi) is 1.28. The molecule has 0 unspecified atom stereocenters. The van der Waals surface area contributed by atoms with E-state index in [0.717, 1.165) is 0 Å². The first-order valence-corrected chi connectivity index (χ1v) is 4.89. The molecule has 0 amide bonds. The van der Waals surface area contributed by atoms with Crippen molar-refractivity contribution in [2.75, 3.05) is 13.2 Å². The maximum atomic E-state index is 8.67. The molecule has 1 saturated heterocycles. The van der Waals surface area contributed by atoms with Crippen LogP contribution >= 0.6 is 18.1 Å². The normalized spacial score (nSPS) is 38.1. The van der Waals surface area contributed by atoms with Gasteiger partial charge in [-0.15, -0.1) is 0 Å². The third-order valence-corrected chi connectivity index (χ3v) is 2.52. The minimum absolute atomic E-state index is 0.147. The van der Waals surface area contributed by atoms with Gasteiger partial charge in [-0.2, -0.15) is 0 Å². The van der Waals surface area contributed by atoms with Gasteiger partial charge in [0, 0.05) is 0 Å². The molecule has 50 valence electrons. The van der Waals surface area contributed by atoms with Gasteiger partial charge in [0.1, 0.15) is 0 Å². The van der Waals surface area contributed by atoms with Crippen LogP contribution in [0, 0.1) is 0 Å². The summed E-state index contributed by atoms with van der Waals surface area (Å²) in [5.74, 6) is 0. The molecule has 2 N–H and O–H groups in total. The van der Waals surface area contributed by atoms with Crippen molar-refractivity contribution in [2.45, 2.75) is 0 Å². The molecule has 1 fully saturated rings. The fraction of sp³-hybridized carbons (Fsp3) is 1.00. The van der Waals surface area contributed by atoms with E-state index in [9.17, 15) is 0 Å². The molecule has 1 rings (SSSR count). The van der Waals surface area contributed by atoms with Gasteiger partial charge in [-0.3, -0.25) is 0 Å². The van der Waals surface area contributed by atoms with Crippen molar-refractivity contribution in [2.24, 2.45) is 0 Å². The zero-order valence-electron chi connectivity index (χ0n) is 3.95. The van der Waals surface area contributed by atoms with Crippen molar-refractivity contribution in [3.63, 3.8) is 0 Å². The van der Waals surface area contributed by atoms with E-state index in [1.807, 2.05) is 0 Å². The van der Waals surface area contributed by atoms with Crippen LogP contribution in [0.25, 0.3) is 0 Å². The van der Waals surface area contributed by atoms with Crippen LogP contribution in [-0.4, -0.2) is 23.0 Å². The van der Waals surface area contributed by atoms with E-state index in [1.54, 1.807) is 0 Å². The van der Waals surface area contributed by atoms with Gasteiger partial charge in [0.15, 0.2) is 0 Å². The summed E-state index contributed by atoms with van der Waals surface area (Å²) >= 11 is 5.02. The van der Waals surface area contributed by atoms with Gasteiger partial charge in [-0.1, -0.05) is 0 Å². The summed E-state index contributed by atoms with van der Waals surface area (Å²) in [6, 6.07) is 0. The maximum absolute atomic E-state index is 8.67. The van der Waals surface area contributed by atoms with Gasteiger partial charge < -0.3 is 0 Å². The Morgan fingerprint density at radius 1 is 1.25 bits per heavy atom. The summed E-state index contributed by atoms with van der Waals surface area (Å²) < 4.78 is 8.63. The van der Waals surface area contributed by atoms with E-state index in [0.29, 0.717) is 0 Å². The molecule has 6 heteroatoms. The van der Waals surface area contributed by atoms with Crippen LogP contribution in [0.15, 0.2) is 0 Å². The quantitative estimate of drug-likeness (QED) is 0.503. The molecule has 0 aromatic carbocycles. The summed E-state index contributed by atoms with van der Waals surface area (Å²) in [6.07, 6.45) is 0. The summed E-state index contributed by atoms with van der Waals surface area (Å²) in [5, 5.41) is 0. The van der Waals surface area contributed by atoms with Gasteiger partial charge in [0.05, 0.1) is 0 Å². The Labute approximate surface area is 51.0 Å². The first-order valence-electron chi connectivity index (χ1n) is 2.01. The molecule has 1 aliphatic heterocycles. The molecule has 1 heterocycles. The molecule has 0 radical (unpaired) electrons. The first-order chi connectivity index (χ1) is 3.47. The van der Waals surface area contributed by atoms with Crippen LogP contribution in [0.2, 0.25) is 0 Å².